The maximum atomic E-state index is 12.7. The molecule has 39 heavy (non-hydrogen) atoms. The van der Waals surface area contributed by atoms with Gasteiger partial charge in [-0.25, -0.2) is 15.0 Å². The molecule has 0 atom stereocenters. The van der Waals surface area contributed by atoms with Gasteiger partial charge in [0.05, 0.1) is 5.56 Å². The van der Waals surface area contributed by atoms with Crippen molar-refractivity contribution >= 4 is 34.8 Å². The lowest BCUT2D eigenvalue weighted by Crippen LogP contribution is -2.18. The largest absolute Gasteiger partial charge is 0.574 e. The Morgan fingerprint density at radius 2 is 1.77 bits per heavy atom. The first-order chi connectivity index (χ1) is 18.6. The van der Waals surface area contributed by atoms with Crippen LogP contribution in [-0.2, 0) is 0 Å². The molecule has 0 aliphatic carbocycles. The molecule has 0 unspecified atom stereocenters. The van der Waals surface area contributed by atoms with Crippen LogP contribution in [-0.4, -0.2) is 57.0 Å². The van der Waals surface area contributed by atoms with E-state index in [4.69, 9.17) is 0 Å². The minimum absolute atomic E-state index is 0.0250. The molecule has 3 aromatic heterocycles. The van der Waals surface area contributed by atoms with Crippen molar-refractivity contribution in [2.45, 2.75) is 13.3 Å². The van der Waals surface area contributed by atoms with Crippen molar-refractivity contribution in [1.82, 2.24) is 30.0 Å². The summed E-state index contributed by atoms with van der Waals surface area (Å²) in [7, 11) is 3.19. The molecule has 0 bridgehead atoms. The monoisotopic (exact) mass is 541 g/mol. The first-order valence-electron chi connectivity index (χ1n) is 11.3. The zero-order valence-electron chi connectivity index (χ0n) is 20.8. The minimum atomic E-state index is -4.89. The molecule has 2 amide bonds. The molecule has 0 fully saturated rings. The Morgan fingerprint density at radius 1 is 0.974 bits per heavy atom. The highest BCUT2D eigenvalue weighted by Gasteiger charge is 2.31. The molecule has 202 valence electrons. The third kappa shape index (κ3) is 6.57. The Kier molecular flexibility index (Phi) is 7.60. The number of alkyl halides is 3. The summed E-state index contributed by atoms with van der Waals surface area (Å²) < 4.78 is 42.2. The number of ether oxygens (including phenoxy) is 1. The van der Waals surface area contributed by atoms with Gasteiger partial charge in [0.15, 0.2) is 11.5 Å². The van der Waals surface area contributed by atoms with Crippen LogP contribution >= 0.6 is 0 Å². The molecular formula is C24H22F3N9O3. The lowest BCUT2D eigenvalue weighted by atomic mass is 10.1. The molecule has 1 aromatic carbocycles. The van der Waals surface area contributed by atoms with Crippen molar-refractivity contribution < 1.29 is 27.5 Å². The van der Waals surface area contributed by atoms with Gasteiger partial charge in [0.1, 0.15) is 18.0 Å². The van der Waals surface area contributed by atoms with E-state index in [1.807, 2.05) is 6.92 Å². The van der Waals surface area contributed by atoms with Crippen molar-refractivity contribution in [3.63, 3.8) is 0 Å². The van der Waals surface area contributed by atoms with Gasteiger partial charge in [0.2, 0.25) is 5.88 Å². The minimum Gasteiger partial charge on any atom is -0.388 e. The zero-order valence-corrected chi connectivity index (χ0v) is 20.8. The number of carbonyl (C=O) groups is 2. The smallest absolute Gasteiger partial charge is 0.388 e. The van der Waals surface area contributed by atoms with Crippen LogP contribution in [0.2, 0.25) is 0 Å². The van der Waals surface area contributed by atoms with Gasteiger partial charge in [0, 0.05) is 49.9 Å². The Hall–Kier alpha value is -5.21. The van der Waals surface area contributed by atoms with E-state index in [0.717, 1.165) is 23.9 Å². The van der Waals surface area contributed by atoms with Crippen LogP contribution in [0.3, 0.4) is 0 Å². The van der Waals surface area contributed by atoms with Crippen LogP contribution in [0, 0.1) is 6.92 Å². The molecule has 0 aliphatic heterocycles. The number of carbonyl (C=O) groups excluding carboxylic acids is 2. The summed E-state index contributed by atoms with van der Waals surface area (Å²) in [5.41, 5.74) is 1.93. The number of hydrogen-bond acceptors (Lipinski definition) is 9. The molecule has 0 spiro atoms. The van der Waals surface area contributed by atoms with Gasteiger partial charge in [-0.15, -0.1) is 13.2 Å². The number of rotatable bonds is 8. The van der Waals surface area contributed by atoms with Crippen molar-refractivity contribution in [3.8, 4) is 11.7 Å². The van der Waals surface area contributed by atoms with E-state index in [1.54, 1.807) is 37.4 Å². The van der Waals surface area contributed by atoms with Gasteiger partial charge in [-0.1, -0.05) is 6.07 Å². The molecule has 4 N–H and O–H groups in total. The number of anilines is 4. The van der Waals surface area contributed by atoms with Crippen LogP contribution in [0.5, 0.6) is 5.88 Å². The summed E-state index contributed by atoms with van der Waals surface area (Å²) in [6, 6.07) is 10.4. The second kappa shape index (κ2) is 11.0. The fourth-order valence-electron chi connectivity index (χ4n) is 3.35. The van der Waals surface area contributed by atoms with E-state index >= 15 is 0 Å². The first-order valence-corrected chi connectivity index (χ1v) is 11.3. The summed E-state index contributed by atoms with van der Waals surface area (Å²) in [4.78, 5) is 36.8. The van der Waals surface area contributed by atoms with Crippen molar-refractivity contribution in [2.24, 2.45) is 0 Å². The number of pyridine rings is 1. The Morgan fingerprint density at radius 3 is 2.44 bits per heavy atom. The van der Waals surface area contributed by atoms with E-state index in [-0.39, 0.29) is 11.3 Å². The number of halogens is 3. The molecule has 0 aliphatic rings. The van der Waals surface area contributed by atoms with E-state index < -0.39 is 24.1 Å². The van der Waals surface area contributed by atoms with E-state index in [9.17, 15) is 22.8 Å². The Balaban J connectivity index is 1.59. The molecule has 4 aromatic rings. The lowest BCUT2D eigenvalue weighted by molar-refractivity contribution is -0.276. The lowest BCUT2D eigenvalue weighted by Gasteiger charge is -2.14. The van der Waals surface area contributed by atoms with Crippen LogP contribution in [0.25, 0.3) is 5.82 Å². The second-order valence-electron chi connectivity index (χ2n) is 7.96. The van der Waals surface area contributed by atoms with Crippen LogP contribution in [0.15, 0.2) is 55.0 Å². The molecule has 0 radical (unpaired) electrons. The molecule has 15 heteroatoms. The first kappa shape index (κ1) is 26.8. The second-order valence-corrected chi connectivity index (χ2v) is 7.96. The summed E-state index contributed by atoms with van der Waals surface area (Å²) >= 11 is 0. The van der Waals surface area contributed by atoms with Crippen molar-refractivity contribution in [3.05, 3.63) is 71.8 Å². The highest BCUT2D eigenvalue weighted by molar-refractivity contribution is 6.04. The Bertz CT molecular complexity index is 1500. The number of benzene rings is 1. The third-order valence-electron chi connectivity index (χ3n) is 5.27. The zero-order chi connectivity index (χ0) is 28.2. The number of hydrogen-bond donors (Lipinski definition) is 4. The maximum absolute atomic E-state index is 12.7. The normalized spacial score (nSPS) is 11.0. The van der Waals surface area contributed by atoms with Crippen molar-refractivity contribution in [1.29, 1.82) is 0 Å². The summed E-state index contributed by atoms with van der Waals surface area (Å²) in [6.07, 6.45) is -2.56. The highest BCUT2D eigenvalue weighted by atomic mass is 19.4. The molecule has 0 saturated carbocycles. The van der Waals surface area contributed by atoms with Gasteiger partial charge >= 0.3 is 6.36 Å². The molecular weight excluding hydrogens is 519 g/mol. The average molecular weight is 541 g/mol. The topological polar surface area (TPSA) is 148 Å². The number of amides is 2. The predicted molar refractivity (Wildman–Crippen MR) is 135 cm³/mol. The Labute approximate surface area is 219 Å². The highest BCUT2D eigenvalue weighted by Crippen LogP contribution is 2.27. The number of nitrogens with zero attached hydrogens (tertiary/aromatic N) is 5. The van der Waals surface area contributed by atoms with Gasteiger partial charge in [-0.05, 0) is 30.7 Å². The fraction of sp³-hybridized carbons (Fsp3) is 0.167. The van der Waals surface area contributed by atoms with Crippen molar-refractivity contribution in [2.75, 3.05) is 30.0 Å². The van der Waals surface area contributed by atoms with Gasteiger partial charge in [-0.3, -0.25) is 9.59 Å². The maximum Gasteiger partial charge on any atom is 0.574 e. The van der Waals surface area contributed by atoms with Gasteiger partial charge in [0.25, 0.3) is 11.8 Å². The summed E-state index contributed by atoms with van der Waals surface area (Å²) in [5, 5.41) is 15.7. The molecule has 3 heterocycles. The summed E-state index contributed by atoms with van der Waals surface area (Å²) in [5.74, 6) is -0.346. The predicted octanol–water partition coefficient (Wildman–Crippen LogP) is 3.66. The molecule has 4 rings (SSSR count). The standard InChI is InChI=1S/C24H22F3N9O3/c1-13-4-6-15(33-22(37)14-5-7-21(30-11-14)39-24(25,26)27)8-16(13)34-20-9-17(23(38)29-3)35-36(20)19-10-18(28-2)31-12-32-19/h4-12,34H,1-3H3,(H,29,38)(H,33,37)(H,28,31,32). The van der Waals surface area contributed by atoms with Crippen LogP contribution in [0.4, 0.5) is 36.2 Å². The average Bonchev–Trinajstić information content (AvgIpc) is 3.33. The van der Waals surface area contributed by atoms with E-state index in [2.05, 4.69) is 46.1 Å². The molecule has 12 nitrogen and oxygen atoms in total. The number of aryl methyl sites for hydroxylation is 1. The number of nitrogens with one attached hydrogen (secondary N) is 4. The third-order valence-corrected chi connectivity index (χ3v) is 5.27. The fourth-order valence-corrected chi connectivity index (χ4v) is 3.35. The molecule has 0 saturated heterocycles. The quantitative estimate of drug-likeness (QED) is 0.262. The number of aromatic nitrogens is 5. The van der Waals surface area contributed by atoms with Gasteiger partial charge in [-0.2, -0.15) is 9.78 Å². The van der Waals surface area contributed by atoms with Crippen LogP contribution < -0.4 is 26.0 Å². The van der Waals surface area contributed by atoms with Gasteiger partial charge < -0.3 is 26.0 Å². The summed E-state index contributed by atoms with van der Waals surface area (Å²) in [6.45, 7) is 1.83. The van der Waals surface area contributed by atoms with E-state index in [0.29, 0.717) is 28.8 Å². The van der Waals surface area contributed by atoms with E-state index in [1.165, 1.54) is 18.1 Å². The van der Waals surface area contributed by atoms with Crippen LogP contribution in [0.1, 0.15) is 26.4 Å². The SMILES string of the molecule is CNC(=O)c1cc(Nc2cc(NC(=O)c3ccc(OC(F)(F)F)nc3)ccc2C)n(-c2cc(NC)ncn2)n1.